The highest BCUT2D eigenvalue weighted by molar-refractivity contribution is 7.20. The molecule has 4 heterocycles. The molecule has 11 nitrogen and oxygen atoms in total. The number of amides is 2. The number of carbonyl (C=O) groups is 4. The van der Waals surface area contributed by atoms with Gasteiger partial charge in [0, 0.05) is 24.2 Å². The highest BCUT2D eigenvalue weighted by atomic mass is 32.1. The standard InChI is InChI=1S/C24H23N3O5S2.C11H9NO2/c28-15-7-5-14(6-8-15)11-16(22(31)27-24-9-1-4-20(24)32-12-19(24)29)25-21(30)17-13-34-23(26-17)18-3-2-10-33-18;13-11(14)12-7-6-10(8-12)9-4-2-1-3-5-9/h2-3,5-8,10,13,16,20,28H,1,4,9,11-12H2,(H,25,30)(H,27,31);1-8H,(H,13,14). The fourth-order valence-corrected chi connectivity index (χ4v) is 7.47. The average Bonchev–Trinajstić information content (AvgIpc) is 3.92. The zero-order valence-electron chi connectivity index (χ0n) is 25.6. The number of aromatic hydroxyl groups is 1. The first-order valence-corrected chi connectivity index (χ1v) is 17.0. The Bertz CT molecular complexity index is 1900. The Hall–Kier alpha value is -5.11. The first kappa shape index (κ1) is 32.8. The molecule has 48 heavy (non-hydrogen) atoms. The number of hydrogen-bond donors (Lipinski definition) is 4. The molecule has 0 radical (unpaired) electrons. The Labute approximate surface area is 283 Å². The third-order valence-corrected chi connectivity index (χ3v) is 10.2. The van der Waals surface area contributed by atoms with E-state index < -0.39 is 29.5 Å². The van der Waals surface area contributed by atoms with Gasteiger partial charge in [0.15, 0.2) is 5.78 Å². The molecule has 4 N–H and O–H groups in total. The number of phenolic OH excluding ortho intramolecular Hbond substituents is 1. The predicted octanol–water partition coefficient (Wildman–Crippen LogP) is 5.61. The number of rotatable bonds is 8. The molecule has 1 aliphatic heterocycles. The van der Waals surface area contributed by atoms with Crippen molar-refractivity contribution in [1.82, 2.24) is 20.2 Å². The number of thiazole rings is 1. The third-order valence-electron chi connectivity index (χ3n) is 8.33. The number of hydrogen-bond acceptors (Lipinski definition) is 9. The van der Waals surface area contributed by atoms with Gasteiger partial charge in [0.05, 0.1) is 11.0 Å². The van der Waals surface area contributed by atoms with Crippen molar-refractivity contribution in [3.8, 4) is 26.8 Å². The summed E-state index contributed by atoms with van der Waals surface area (Å²) in [7, 11) is 0. The molecular weight excluding hydrogens is 653 g/mol. The van der Waals surface area contributed by atoms with Gasteiger partial charge in [-0.1, -0.05) is 48.5 Å². The Morgan fingerprint density at radius 1 is 1.02 bits per heavy atom. The van der Waals surface area contributed by atoms with Crippen LogP contribution in [0.2, 0.25) is 0 Å². The molecule has 5 aromatic rings. The fourth-order valence-electron chi connectivity index (χ4n) is 5.86. The number of nitrogens with one attached hydrogen (secondary N) is 2. The largest absolute Gasteiger partial charge is 0.508 e. The number of ketones is 1. The molecule has 2 aromatic carbocycles. The van der Waals surface area contributed by atoms with Crippen LogP contribution in [0.3, 0.4) is 0 Å². The summed E-state index contributed by atoms with van der Waals surface area (Å²) >= 11 is 2.90. The highest BCUT2D eigenvalue weighted by Crippen LogP contribution is 2.38. The van der Waals surface area contributed by atoms with Gasteiger partial charge >= 0.3 is 6.09 Å². The van der Waals surface area contributed by atoms with Crippen LogP contribution in [0.5, 0.6) is 5.75 Å². The molecule has 13 heteroatoms. The maximum absolute atomic E-state index is 13.4. The van der Waals surface area contributed by atoms with E-state index in [1.807, 2.05) is 47.8 Å². The summed E-state index contributed by atoms with van der Waals surface area (Å²) in [4.78, 5) is 55.1. The quantitative estimate of drug-likeness (QED) is 0.164. The molecule has 0 bridgehead atoms. The summed E-state index contributed by atoms with van der Waals surface area (Å²) in [5.74, 6) is -0.926. The van der Waals surface area contributed by atoms with E-state index in [1.165, 1.54) is 41.0 Å². The highest BCUT2D eigenvalue weighted by Gasteiger charge is 2.55. The maximum atomic E-state index is 13.4. The van der Waals surface area contributed by atoms with Gasteiger partial charge in [-0.2, -0.15) is 0 Å². The van der Waals surface area contributed by atoms with Gasteiger partial charge in [-0.05, 0) is 65.6 Å². The van der Waals surface area contributed by atoms with Crippen LogP contribution >= 0.6 is 22.7 Å². The average molecular weight is 685 g/mol. The number of nitrogens with zero attached hydrogens (tertiary/aromatic N) is 2. The molecule has 3 atom stereocenters. The summed E-state index contributed by atoms with van der Waals surface area (Å²) < 4.78 is 6.75. The van der Waals surface area contributed by atoms with Crippen molar-refractivity contribution in [3.05, 3.63) is 107 Å². The summed E-state index contributed by atoms with van der Waals surface area (Å²) in [6.07, 6.45) is 4.05. The van der Waals surface area contributed by atoms with E-state index in [4.69, 9.17) is 9.84 Å². The first-order valence-electron chi connectivity index (χ1n) is 15.2. The van der Waals surface area contributed by atoms with Gasteiger partial charge in [0.1, 0.15) is 34.6 Å². The van der Waals surface area contributed by atoms with Gasteiger partial charge in [0.2, 0.25) is 5.91 Å². The van der Waals surface area contributed by atoms with E-state index in [-0.39, 0.29) is 36.4 Å². The second-order valence-electron chi connectivity index (χ2n) is 11.4. The van der Waals surface area contributed by atoms with Gasteiger partial charge < -0.3 is 25.6 Å². The third kappa shape index (κ3) is 7.23. The smallest absolute Gasteiger partial charge is 0.415 e. The number of benzene rings is 2. The molecule has 2 aliphatic rings. The van der Waals surface area contributed by atoms with Crippen molar-refractivity contribution < 1.29 is 34.1 Å². The number of aromatic nitrogens is 2. The Kier molecular flexibility index (Phi) is 9.80. The lowest BCUT2D eigenvalue weighted by Crippen LogP contribution is -2.60. The number of fused-ring (bicyclic) bond motifs is 1. The summed E-state index contributed by atoms with van der Waals surface area (Å²) in [5.41, 5.74) is 1.89. The van der Waals surface area contributed by atoms with E-state index in [0.717, 1.165) is 37.6 Å². The van der Waals surface area contributed by atoms with Gasteiger partial charge in [-0.3, -0.25) is 19.0 Å². The van der Waals surface area contributed by atoms with Gasteiger partial charge in [0.25, 0.3) is 5.91 Å². The number of ether oxygens (including phenoxy) is 1. The maximum Gasteiger partial charge on any atom is 0.415 e. The topological polar surface area (TPSA) is 160 Å². The summed E-state index contributed by atoms with van der Waals surface area (Å²) in [6, 6.07) is 20.8. The van der Waals surface area contributed by atoms with Crippen LogP contribution in [0.15, 0.2) is 96.0 Å². The number of carboxylic acid groups (broad SMARTS) is 1. The molecule has 2 fully saturated rings. The molecule has 7 rings (SSSR count). The van der Waals surface area contributed by atoms with Crippen LogP contribution in [0.4, 0.5) is 4.79 Å². The van der Waals surface area contributed by atoms with Crippen molar-refractivity contribution in [2.24, 2.45) is 0 Å². The fraction of sp³-hybridized carbons (Fsp3) is 0.229. The Balaban J connectivity index is 0.000000239. The van der Waals surface area contributed by atoms with E-state index in [0.29, 0.717) is 12.8 Å². The van der Waals surface area contributed by atoms with Crippen molar-refractivity contribution in [1.29, 1.82) is 0 Å². The minimum Gasteiger partial charge on any atom is -0.508 e. The van der Waals surface area contributed by atoms with Crippen LogP contribution in [-0.2, 0) is 20.7 Å². The number of thiophene rings is 1. The van der Waals surface area contributed by atoms with Gasteiger partial charge in [-0.15, -0.1) is 22.7 Å². The lowest BCUT2D eigenvalue weighted by atomic mass is 9.91. The van der Waals surface area contributed by atoms with E-state index in [9.17, 15) is 24.3 Å². The molecule has 3 aromatic heterocycles. The van der Waals surface area contributed by atoms with Crippen LogP contribution in [0.1, 0.15) is 35.3 Å². The van der Waals surface area contributed by atoms with Crippen LogP contribution in [0.25, 0.3) is 21.0 Å². The molecular formula is C35H32N4O7S2. The first-order chi connectivity index (χ1) is 23.2. The Morgan fingerprint density at radius 2 is 1.81 bits per heavy atom. The summed E-state index contributed by atoms with van der Waals surface area (Å²) in [6.45, 7) is -0.00967. The zero-order chi connectivity index (χ0) is 33.7. The monoisotopic (exact) mass is 684 g/mol. The summed E-state index contributed by atoms with van der Waals surface area (Å²) in [5, 5.41) is 28.4. The van der Waals surface area contributed by atoms with Crippen LogP contribution < -0.4 is 10.6 Å². The van der Waals surface area contributed by atoms with E-state index >= 15 is 0 Å². The molecule has 1 aliphatic carbocycles. The molecule has 0 spiro atoms. The number of Topliss-reactive ketones (excluding diaryl/α,β-unsaturated/α-hetero) is 1. The van der Waals surface area contributed by atoms with Gasteiger partial charge in [-0.25, -0.2) is 9.78 Å². The van der Waals surface area contributed by atoms with Crippen molar-refractivity contribution >= 4 is 46.4 Å². The number of carbonyl (C=O) groups excluding carboxylic acids is 3. The number of phenols is 1. The minimum atomic E-state index is -1.03. The van der Waals surface area contributed by atoms with Crippen molar-refractivity contribution in [2.75, 3.05) is 6.61 Å². The normalized spacial score (nSPS) is 18.8. The molecule has 1 saturated carbocycles. The predicted molar refractivity (Wildman–Crippen MR) is 181 cm³/mol. The molecule has 246 valence electrons. The molecule has 3 unspecified atom stereocenters. The molecule has 1 saturated heterocycles. The van der Waals surface area contributed by atoms with Crippen molar-refractivity contribution in [2.45, 2.75) is 43.4 Å². The minimum absolute atomic E-state index is 0.00967. The Morgan fingerprint density at radius 3 is 2.52 bits per heavy atom. The van der Waals surface area contributed by atoms with Crippen LogP contribution in [0, 0.1) is 0 Å². The van der Waals surface area contributed by atoms with E-state index in [1.54, 1.807) is 29.8 Å². The second-order valence-corrected chi connectivity index (χ2v) is 13.2. The lowest BCUT2D eigenvalue weighted by Gasteiger charge is -2.30. The van der Waals surface area contributed by atoms with E-state index in [2.05, 4.69) is 15.6 Å². The SMILES string of the molecule is O=C(NC(Cc1ccc(O)cc1)C(=O)NC12CCCC1OCC2=O)c1csc(-c2cccs2)n1.O=C(O)n1ccc(-c2ccccc2)c1. The lowest BCUT2D eigenvalue weighted by molar-refractivity contribution is -0.131. The zero-order valence-corrected chi connectivity index (χ0v) is 27.2. The second kappa shape index (κ2) is 14.3. The van der Waals surface area contributed by atoms with Crippen molar-refractivity contribution in [3.63, 3.8) is 0 Å². The molecule has 2 amide bonds. The van der Waals surface area contributed by atoms with Crippen LogP contribution in [-0.4, -0.2) is 67.7 Å².